The van der Waals surface area contributed by atoms with Crippen molar-refractivity contribution in [3.8, 4) is 11.5 Å². The number of carbonyl (C=O) groups excluding carboxylic acids is 1. The van der Waals surface area contributed by atoms with Crippen molar-refractivity contribution in [1.82, 2.24) is 9.80 Å². The minimum Gasteiger partial charge on any atom is -0.493 e. The van der Waals surface area contributed by atoms with Crippen LogP contribution in [0, 0.1) is 0 Å². The Kier molecular flexibility index (Phi) is 8.86. The Morgan fingerprint density at radius 1 is 1.12 bits per heavy atom. The number of nitrogens with zero attached hydrogens (tertiary/aromatic N) is 2. The van der Waals surface area contributed by atoms with E-state index in [1.54, 1.807) is 13.2 Å². The zero-order chi connectivity index (χ0) is 34.4. The number of methoxy groups -OCH3 is 1. The van der Waals surface area contributed by atoms with Crippen LogP contribution in [0.25, 0.3) is 6.08 Å². The molecule has 258 valence electrons. The van der Waals surface area contributed by atoms with Gasteiger partial charge in [-0.3, -0.25) is 9.69 Å². The molecule has 1 saturated heterocycles. The number of alkyl halides is 3. The molecular weight excluding hydrogens is 629 g/mol. The van der Waals surface area contributed by atoms with E-state index >= 15 is 0 Å². The fourth-order valence-corrected chi connectivity index (χ4v) is 9.24. The van der Waals surface area contributed by atoms with E-state index in [0.29, 0.717) is 55.8 Å². The predicted molar refractivity (Wildman–Crippen MR) is 183 cm³/mol. The molecule has 2 aliphatic heterocycles. The van der Waals surface area contributed by atoms with Gasteiger partial charge in [0.25, 0.3) is 0 Å². The minimum atomic E-state index is -4.48. The summed E-state index contributed by atoms with van der Waals surface area (Å²) in [4.78, 5) is 18.4. The van der Waals surface area contributed by atoms with Crippen LogP contribution in [0.15, 0.2) is 85.5 Å². The maximum absolute atomic E-state index is 14.3. The van der Waals surface area contributed by atoms with Crippen LogP contribution in [0.4, 0.5) is 13.2 Å². The number of amides is 1. The molecule has 0 aromatic heterocycles. The molecular formula is C40H43F3N2O4. The van der Waals surface area contributed by atoms with Gasteiger partial charge in [0.1, 0.15) is 6.10 Å². The zero-order valence-corrected chi connectivity index (χ0v) is 27.8. The Hall–Kier alpha value is -4.08. The number of hydrogen-bond acceptors (Lipinski definition) is 5. The van der Waals surface area contributed by atoms with Gasteiger partial charge >= 0.3 is 6.18 Å². The minimum absolute atomic E-state index is 0.131. The van der Waals surface area contributed by atoms with Crippen molar-refractivity contribution in [2.45, 2.75) is 80.3 Å². The first-order chi connectivity index (χ1) is 23.6. The number of benzene rings is 3. The SMILES string of the molecule is C=CCN1CC[C@]23c4c5ccc(OC)c4O[C@H]2[C@@H](N(CCCCc2ccccc2)C(=O)C=Cc2cccc(C(F)(F)F)c2)CC[C@@]3(O)[C@H]1C5. The average molecular weight is 673 g/mol. The first-order valence-electron chi connectivity index (χ1n) is 17.2. The smallest absolute Gasteiger partial charge is 0.416 e. The normalized spacial score (nSPS) is 27.0. The van der Waals surface area contributed by atoms with Crippen LogP contribution in [-0.4, -0.2) is 71.3 Å². The van der Waals surface area contributed by atoms with Gasteiger partial charge < -0.3 is 19.5 Å². The van der Waals surface area contributed by atoms with E-state index in [0.717, 1.165) is 49.1 Å². The van der Waals surface area contributed by atoms with Crippen molar-refractivity contribution in [3.05, 3.63) is 113 Å². The number of carbonyl (C=O) groups is 1. The summed E-state index contributed by atoms with van der Waals surface area (Å²) in [5.74, 6) is 0.981. The van der Waals surface area contributed by atoms with Crippen LogP contribution in [0.3, 0.4) is 0 Å². The van der Waals surface area contributed by atoms with E-state index < -0.39 is 28.9 Å². The lowest BCUT2D eigenvalue weighted by molar-refractivity contribution is -0.199. The summed E-state index contributed by atoms with van der Waals surface area (Å²) in [5, 5.41) is 12.9. The third kappa shape index (κ3) is 5.65. The highest BCUT2D eigenvalue weighted by Crippen LogP contribution is 2.66. The number of rotatable bonds is 11. The van der Waals surface area contributed by atoms with Crippen molar-refractivity contribution in [1.29, 1.82) is 0 Å². The summed E-state index contributed by atoms with van der Waals surface area (Å²) in [6, 6.07) is 18.7. The van der Waals surface area contributed by atoms with Gasteiger partial charge in [0.2, 0.25) is 5.91 Å². The Labute approximate surface area is 285 Å². The van der Waals surface area contributed by atoms with Crippen LogP contribution >= 0.6 is 0 Å². The van der Waals surface area contributed by atoms with Gasteiger partial charge in [0.15, 0.2) is 11.5 Å². The number of unbranched alkanes of at least 4 members (excludes halogenated alkanes) is 1. The highest BCUT2D eigenvalue weighted by molar-refractivity contribution is 5.92. The molecule has 4 aliphatic rings. The third-order valence-corrected chi connectivity index (χ3v) is 11.4. The molecule has 6 nitrogen and oxygen atoms in total. The molecule has 7 rings (SSSR count). The Morgan fingerprint density at radius 2 is 1.94 bits per heavy atom. The van der Waals surface area contributed by atoms with Gasteiger partial charge in [-0.15, -0.1) is 6.58 Å². The number of aliphatic hydroxyl groups is 1. The summed E-state index contributed by atoms with van der Waals surface area (Å²) >= 11 is 0. The number of halogens is 3. The zero-order valence-electron chi connectivity index (χ0n) is 27.8. The van der Waals surface area contributed by atoms with E-state index in [1.165, 1.54) is 23.8 Å². The summed E-state index contributed by atoms with van der Waals surface area (Å²) in [6.45, 7) is 5.84. The fourth-order valence-electron chi connectivity index (χ4n) is 9.24. The second-order valence-electron chi connectivity index (χ2n) is 13.9. The maximum atomic E-state index is 14.3. The molecule has 0 radical (unpaired) electrons. The van der Waals surface area contributed by atoms with Crippen LogP contribution in [0.1, 0.15) is 59.9 Å². The second kappa shape index (κ2) is 13.0. The van der Waals surface area contributed by atoms with Crippen LogP contribution in [-0.2, 0) is 29.2 Å². The Morgan fingerprint density at radius 3 is 2.69 bits per heavy atom. The molecule has 1 spiro atoms. The molecule has 9 heteroatoms. The first kappa shape index (κ1) is 33.4. The lowest BCUT2D eigenvalue weighted by atomic mass is 9.48. The third-order valence-electron chi connectivity index (χ3n) is 11.4. The number of aryl methyl sites for hydroxylation is 1. The summed E-state index contributed by atoms with van der Waals surface area (Å²) in [5.41, 5.74) is 1.07. The van der Waals surface area contributed by atoms with E-state index in [-0.39, 0.29) is 18.0 Å². The number of likely N-dealkylation sites (tertiary alicyclic amines) is 1. The number of hydrogen-bond donors (Lipinski definition) is 1. The predicted octanol–water partition coefficient (Wildman–Crippen LogP) is 6.99. The summed E-state index contributed by atoms with van der Waals surface area (Å²) < 4.78 is 53.0. The van der Waals surface area contributed by atoms with Gasteiger partial charge in [0.05, 0.1) is 29.7 Å². The molecule has 2 aliphatic carbocycles. The molecule has 1 N–H and O–H groups in total. The molecule has 3 aromatic rings. The molecule has 2 heterocycles. The van der Waals surface area contributed by atoms with E-state index in [1.807, 2.05) is 35.2 Å². The van der Waals surface area contributed by atoms with Gasteiger partial charge in [-0.1, -0.05) is 54.6 Å². The summed E-state index contributed by atoms with van der Waals surface area (Å²) in [7, 11) is 1.62. The first-order valence-corrected chi connectivity index (χ1v) is 17.2. The highest BCUT2D eigenvalue weighted by atomic mass is 19.4. The van der Waals surface area contributed by atoms with E-state index in [9.17, 15) is 23.1 Å². The monoisotopic (exact) mass is 672 g/mol. The number of ether oxygens (including phenoxy) is 2. The number of piperidine rings is 1. The van der Waals surface area contributed by atoms with Gasteiger partial charge in [-0.25, -0.2) is 0 Å². The van der Waals surface area contributed by atoms with E-state index in [2.05, 4.69) is 29.7 Å². The second-order valence-corrected chi connectivity index (χ2v) is 13.9. The molecule has 1 amide bonds. The molecule has 2 fully saturated rings. The average Bonchev–Trinajstić information content (AvgIpc) is 3.45. The Balaban J connectivity index is 1.24. The molecule has 0 unspecified atom stereocenters. The highest BCUT2D eigenvalue weighted by Gasteiger charge is 2.73. The lowest BCUT2D eigenvalue weighted by Crippen LogP contribution is -2.78. The maximum Gasteiger partial charge on any atom is 0.416 e. The fraction of sp³-hybridized carbons (Fsp3) is 0.425. The van der Waals surface area contributed by atoms with Gasteiger partial charge in [0, 0.05) is 30.8 Å². The van der Waals surface area contributed by atoms with Crippen LogP contribution in [0.5, 0.6) is 11.5 Å². The standard InChI is InChI=1S/C40H43F3N2O4/c1-3-22-44-24-21-38-35-29-16-17-32(48-2)36(35)49-37(38)31(19-20-39(38,47)33(44)26-29)45(23-8-7-12-27-10-5-4-6-11-27)34(46)18-15-28-13-9-14-30(25-28)40(41,42)43/h3-6,9-11,13-18,25,31,33,37,47H,1,7-8,12,19-24,26H2,2H3/t31-,33+,37-,38-,39+/m0/s1. The van der Waals surface area contributed by atoms with Gasteiger partial charge in [-0.2, -0.15) is 13.2 Å². The van der Waals surface area contributed by atoms with Crippen LogP contribution in [0.2, 0.25) is 0 Å². The van der Waals surface area contributed by atoms with Gasteiger partial charge in [-0.05, 0) is 92.5 Å². The molecule has 1 saturated carbocycles. The van der Waals surface area contributed by atoms with Crippen molar-refractivity contribution >= 4 is 12.0 Å². The Bertz CT molecular complexity index is 1740. The lowest BCUT2D eigenvalue weighted by Gasteiger charge is -2.64. The van der Waals surface area contributed by atoms with Crippen molar-refractivity contribution in [2.24, 2.45) is 0 Å². The molecule has 49 heavy (non-hydrogen) atoms. The van der Waals surface area contributed by atoms with Crippen molar-refractivity contribution in [2.75, 3.05) is 26.7 Å². The largest absolute Gasteiger partial charge is 0.493 e. The van der Waals surface area contributed by atoms with E-state index in [4.69, 9.17) is 9.47 Å². The quantitative estimate of drug-likeness (QED) is 0.135. The van der Waals surface area contributed by atoms with Crippen molar-refractivity contribution in [3.63, 3.8) is 0 Å². The topological polar surface area (TPSA) is 62.2 Å². The van der Waals surface area contributed by atoms with Crippen LogP contribution < -0.4 is 9.47 Å². The molecule has 5 atom stereocenters. The molecule has 2 bridgehead atoms. The summed E-state index contributed by atoms with van der Waals surface area (Å²) in [6.07, 6.45) is 4.52. The molecule has 3 aromatic carbocycles. The van der Waals surface area contributed by atoms with Crippen molar-refractivity contribution < 1.29 is 32.5 Å².